The molecule has 142 valence electrons. The molecule has 1 aliphatic carbocycles. The third kappa shape index (κ3) is 3.73. The summed E-state index contributed by atoms with van der Waals surface area (Å²) in [4.78, 5) is 0. The van der Waals surface area contributed by atoms with Crippen molar-refractivity contribution in [1.29, 1.82) is 0 Å². The molecule has 8 N–H and O–H groups in total. The molecule has 0 radical (unpaired) electrons. The Morgan fingerprint density at radius 3 is 2.04 bits per heavy atom. The van der Waals surface area contributed by atoms with Gasteiger partial charge in [-0.2, -0.15) is 0 Å². The van der Waals surface area contributed by atoms with Gasteiger partial charge in [-0.15, -0.1) is 0 Å². The number of rotatable bonds is 6. The molecule has 1 saturated carbocycles. The molecule has 0 spiro atoms. The highest BCUT2D eigenvalue weighted by molar-refractivity contribution is 5.02. The maximum Gasteiger partial charge on any atom is 0.192 e. The number of hydrogen-bond donors (Lipinski definition) is 8. The quantitative estimate of drug-likeness (QED) is 0.232. The average molecular weight is 354 g/mol. The topological polar surface area (TPSA) is 180 Å². The van der Waals surface area contributed by atoms with Crippen LogP contribution in [0.4, 0.5) is 0 Å². The molecule has 8 unspecified atom stereocenters. The smallest absolute Gasteiger partial charge is 0.192 e. The first-order valence-electron chi connectivity index (χ1n) is 7.78. The zero-order valence-electron chi connectivity index (χ0n) is 13.1. The SMILES string of the molecule is OCC1(O)CC(O)C(O)C(COCC2(CO)CC(O)C(O)C2O)O1. The Morgan fingerprint density at radius 2 is 1.54 bits per heavy atom. The standard InChI is InChI=1S/C14H26O10/c15-4-13(1-7(17)11(20)12(13)21)6-23-3-9-10(19)8(18)2-14(22,5-16)24-9/h7-12,15-22H,1-6H2. The van der Waals surface area contributed by atoms with E-state index in [-0.39, 0.29) is 26.1 Å². The lowest BCUT2D eigenvalue weighted by Crippen LogP contribution is -2.57. The fourth-order valence-corrected chi connectivity index (χ4v) is 3.29. The zero-order chi connectivity index (χ0) is 18.1. The Kier molecular flexibility index (Phi) is 6.19. The Bertz CT molecular complexity index is 422. The summed E-state index contributed by atoms with van der Waals surface area (Å²) in [6, 6.07) is 0. The van der Waals surface area contributed by atoms with Crippen molar-refractivity contribution in [2.45, 2.75) is 55.3 Å². The van der Waals surface area contributed by atoms with Crippen molar-refractivity contribution < 1.29 is 50.3 Å². The average Bonchev–Trinajstić information content (AvgIpc) is 2.76. The van der Waals surface area contributed by atoms with Crippen LogP contribution in [0.25, 0.3) is 0 Å². The fourth-order valence-electron chi connectivity index (χ4n) is 3.29. The number of aliphatic hydroxyl groups excluding tert-OH is 7. The van der Waals surface area contributed by atoms with Crippen molar-refractivity contribution in [3.05, 3.63) is 0 Å². The first-order chi connectivity index (χ1) is 11.2. The predicted octanol–water partition coefficient (Wildman–Crippen LogP) is -4.34. The molecule has 10 heteroatoms. The normalized spacial score (nSPS) is 49.5. The molecular formula is C14H26O10. The molecule has 2 fully saturated rings. The summed E-state index contributed by atoms with van der Waals surface area (Å²) in [6.07, 6.45) is -8.26. The second-order valence-electron chi connectivity index (χ2n) is 6.77. The van der Waals surface area contributed by atoms with Crippen LogP contribution in [0.3, 0.4) is 0 Å². The molecule has 0 aromatic heterocycles. The monoisotopic (exact) mass is 354 g/mol. The van der Waals surface area contributed by atoms with Crippen LogP contribution < -0.4 is 0 Å². The molecule has 0 amide bonds. The van der Waals surface area contributed by atoms with Crippen molar-refractivity contribution in [3.8, 4) is 0 Å². The van der Waals surface area contributed by atoms with E-state index in [0.717, 1.165) is 0 Å². The predicted molar refractivity (Wildman–Crippen MR) is 76.5 cm³/mol. The minimum atomic E-state index is -2.00. The van der Waals surface area contributed by atoms with Crippen LogP contribution in [0.2, 0.25) is 0 Å². The number of hydrogen-bond acceptors (Lipinski definition) is 10. The van der Waals surface area contributed by atoms with E-state index in [9.17, 15) is 35.7 Å². The van der Waals surface area contributed by atoms with Crippen molar-refractivity contribution >= 4 is 0 Å². The molecule has 1 heterocycles. The number of aliphatic hydroxyl groups is 8. The first-order valence-corrected chi connectivity index (χ1v) is 7.78. The van der Waals surface area contributed by atoms with Gasteiger partial charge in [0.15, 0.2) is 5.79 Å². The van der Waals surface area contributed by atoms with E-state index >= 15 is 0 Å². The molecule has 0 bridgehead atoms. The van der Waals surface area contributed by atoms with E-state index < -0.39 is 61.0 Å². The van der Waals surface area contributed by atoms with Crippen molar-refractivity contribution in [2.75, 3.05) is 26.4 Å². The van der Waals surface area contributed by atoms with Gasteiger partial charge in [0.1, 0.15) is 18.3 Å². The molecule has 10 nitrogen and oxygen atoms in total. The fraction of sp³-hybridized carbons (Fsp3) is 1.00. The van der Waals surface area contributed by atoms with E-state index in [1.807, 2.05) is 0 Å². The maximum atomic E-state index is 9.99. The zero-order valence-corrected chi connectivity index (χ0v) is 13.1. The summed E-state index contributed by atoms with van der Waals surface area (Å²) in [5.41, 5.74) is -1.27. The highest BCUT2D eigenvalue weighted by atomic mass is 16.7. The van der Waals surface area contributed by atoms with Gasteiger partial charge in [0, 0.05) is 11.8 Å². The molecule has 0 aromatic carbocycles. The summed E-state index contributed by atoms with van der Waals surface area (Å²) in [5.74, 6) is -2.00. The van der Waals surface area contributed by atoms with Crippen LogP contribution in [-0.4, -0.2) is 110 Å². The Morgan fingerprint density at radius 1 is 0.917 bits per heavy atom. The Balaban J connectivity index is 1.95. The molecule has 8 atom stereocenters. The van der Waals surface area contributed by atoms with Gasteiger partial charge in [-0.1, -0.05) is 0 Å². The van der Waals surface area contributed by atoms with Crippen molar-refractivity contribution in [2.24, 2.45) is 5.41 Å². The van der Waals surface area contributed by atoms with Gasteiger partial charge in [0.05, 0.1) is 44.7 Å². The lowest BCUT2D eigenvalue weighted by atomic mass is 9.85. The molecule has 0 aromatic rings. The van der Waals surface area contributed by atoms with Crippen LogP contribution >= 0.6 is 0 Å². The van der Waals surface area contributed by atoms with Gasteiger partial charge < -0.3 is 50.3 Å². The lowest BCUT2D eigenvalue weighted by molar-refractivity contribution is -0.318. The summed E-state index contributed by atoms with van der Waals surface area (Å²) in [5, 5.41) is 77.4. The molecule has 1 aliphatic heterocycles. The molecular weight excluding hydrogens is 328 g/mol. The van der Waals surface area contributed by atoms with E-state index in [0.29, 0.717) is 0 Å². The second kappa shape index (κ2) is 7.46. The molecule has 24 heavy (non-hydrogen) atoms. The van der Waals surface area contributed by atoms with Gasteiger partial charge in [-0.3, -0.25) is 0 Å². The van der Waals surface area contributed by atoms with Gasteiger partial charge in [0.25, 0.3) is 0 Å². The molecule has 2 rings (SSSR count). The van der Waals surface area contributed by atoms with Gasteiger partial charge >= 0.3 is 0 Å². The van der Waals surface area contributed by atoms with E-state index in [2.05, 4.69) is 0 Å². The van der Waals surface area contributed by atoms with Gasteiger partial charge in [-0.25, -0.2) is 0 Å². The largest absolute Gasteiger partial charge is 0.396 e. The minimum absolute atomic E-state index is 0.0802. The highest BCUT2D eigenvalue weighted by Gasteiger charge is 2.52. The first kappa shape index (κ1) is 19.9. The molecule has 1 saturated heterocycles. The van der Waals surface area contributed by atoms with Crippen molar-refractivity contribution in [1.82, 2.24) is 0 Å². The van der Waals surface area contributed by atoms with Crippen LogP contribution in [-0.2, 0) is 9.47 Å². The highest BCUT2D eigenvalue weighted by Crippen LogP contribution is 2.39. The summed E-state index contributed by atoms with van der Waals surface area (Å²) in [7, 11) is 0. The van der Waals surface area contributed by atoms with Crippen LogP contribution in [0.5, 0.6) is 0 Å². The third-order valence-corrected chi connectivity index (χ3v) is 4.87. The summed E-state index contributed by atoms with van der Waals surface area (Å²) < 4.78 is 10.5. The summed E-state index contributed by atoms with van der Waals surface area (Å²) in [6.45, 7) is -1.87. The summed E-state index contributed by atoms with van der Waals surface area (Å²) >= 11 is 0. The van der Waals surface area contributed by atoms with E-state index in [1.165, 1.54) is 0 Å². The van der Waals surface area contributed by atoms with Gasteiger partial charge in [-0.05, 0) is 6.42 Å². The third-order valence-electron chi connectivity index (χ3n) is 4.87. The lowest BCUT2D eigenvalue weighted by Gasteiger charge is -2.41. The van der Waals surface area contributed by atoms with E-state index in [4.69, 9.17) is 14.6 Å². The minimum Gasteiger partial charge on any atom is -0.396 e. The maximum absolute atomic E-state index is 9.99. The van der Waals surface area contributed by atoms with Crippen LogP contribution in [0.1, 0.15) is 12.8 Å². The van der Waals surface area contributed by atoms with Gasteiger partial charge in [0.2, 0.25) is 0 Å². The van der Waals surface area contributed by atoms with E-state index in [1.54, 1.807) is 0 Å². The Hall–Kier alpha value is -0.400. The second-order valence-corrected chi connectivity index (χ2v) is 6.77. The Labute approximate surface area is 138 Å². The van der Waals surface area contributed by atoms with Crippen molar-refractivity contribution in [3.63, 3.8) is 0 Å². The van der Waals surface area contributed by atoms with Crippen LogP contribution in [0, 0.1) is 5.41 Å². The molecule has 2 aliphatic rings. The van der Waals surface area contributed by atoms with Crippen LogP contribution in [0.15, 0.2) is 0 Å². The number of ether oxygens (including phenoxy) is 2.